The van der Waals surface area contributed by atoms with Crippen molar-refractivity contribution in [1.82, 2.24) is 10.6 Å². The molecule has 1 aromatic carbocycles. The number of hydrogen-bond acceptors (Lipinski definition) is 5. The van der Waals surface area contributed by atoms with Gasteiger partial charge in [-0.25, -0.2) is 0 Å². The third-order valence-corrected chi connectivity index (χ3v) is 4.54. The largest absolute Gasteiger partial charge is 0.491 e. The standard InChI is InChI=1S/C22H37N3O4.HI/c1-4-23-22(24-11-5-12-27-15-18-10-13-28-16-18)25-14-21(26)19-6-8-20(9-7-19)29-17(2)3;/h6-9,17-18,21,26H,4-5,10-16H2,1-3H3,(H2,23,24,25);1H. The first-order chi connectivity index (χ1) is 14.1. The van der Waals surface area contributed by atoms with E-state index in [-0.39, 0.29) is 36.6 Å². The van der Waals surface area contributed by atoms with Crippen LogP contribution >= 0.6 is 24.0 Å². The number of nitrogens with one attached hydrogen (secondary N) is 2. The second-order valence-electron chi connectivity index (χ2n) is 7.56. The van der Waals surface area contributed by atoms with Gasteiger partial charge in [-0.3, -0.25) is 4.99 Å². The Hall–Kier alpha value is -1.10. The van der Waals surface area contributed by atoms with Crippen molar-refractivity contribution in [2.75, 3.05) is 46.1 Å². The van der Waals surface area contributed by atoms with E-state index in [2.05, 4.69) is 15.6 Å². The first kappa shape index (κ1) is 26.9. The molecule has 3 N–H and O–H groups in total. The van der Waals surface area contributed by atoms with Crippen molar-refractivity contribution in [3.63, 3.8) is 0 Å². The van der Waals surface area contributed by atoms with Gasteiger partial charge < -0.3 is 30.0 Å². The van der Waals surface area contributed by atoms with E-state index >= 15 is 0 Å². The van der Waals surface area contributed by atoms with E-state index in [4.69, 9.17) is 14.2 Å². The lowest BCUT2D eigenvalue weighted by Gasteiger charge is -2.14. The molecule has 7 nitrogen and oxygen atoms in total. The third kappa shape index (κ3) is 10.8. The van der Waals surface area contributed by atoms with Gasteiger partial charge in [-0.05, 0) is 51.3 Å². The van der Waals surface area contributed by atoms with Crippen molar-refractivity contribution in [1.29, 1.82) is 0 Å². The number of nitrogens with zero attached hydrogens (tertiary/aromatic N) is 1. The highest BCUT2D eigenvalue weighted by molar-refractivity contribution is 14.0. The van der Waals surface area contributed by atoms with Crippen LogP contribution in [0.1, 0.15) is 45.3 Å². The summed E-state index contributed by atoms with van der Waals surface area (Å²) in [5.41, 5.74) is 0.824. The van der Waals surface area contributed by atoms with E-state index in [9.17, 15) is 5.11 Å². The van der Waals surface area contributed by atoms with Gasteiger partial charge in [0.05, 0.1) is 32.0 Å². The van der Waals surface area contributed by atoms with Crippen molar-refractivity contribution in [2.24, 2.45) is 10.9 Å². The maximum atomic E-state index is 10.4. The fourth-order valence-corrected chi connectivity index (χ4v) is 3.01. The van der Waals surface area contributed by atoms with E-state index in [0.717, 1.165) is 63.7 Å². The summed E-state index contributed by atoms with van der Waals surface area (Å²) in [6.07, 6.45) is 1.48. The molecule has 0 aromatic heterocycles. The predicted octanol–water partition coefficient (Wildman–Crippen LogP) is 3.12. The minimum atomic E-state index is -0.657. The number of aliphatic imine (C=N–C) groups is 1. The van der Waals surface area contributed by atoms with Crippen LogP contribution in [0.5, 0.6) is 5.75 Å². The number of guanidine groups is 1. The van der Waals surface area contributed by atoms with Crippen molar-refractivity contribution >= 4 is 29.9 Å². The van der Waals surface area contributed by atoms with Crippen LogP contribution in [-0.4, -0.2) is 63.2 Å². The molecule has 0 aliphatic carbocycles. The molecular formula is C22H38IN3O4. The minimum Gasteiger partial charge on any atom is -0.491 e. The van der Waals surface area contributed by atoms with Crippen LogP contribution in [0.25, 0.3) is 0 Å². The summed E-state index contributed by atoms with van der Waals surface area (Å²) in [6, 6.07) is 7.52. The minimum absolute atomic E-state index is 0. The summed E-state index contributed by atoms with van der Waals surface area (Å²) in [6.45, 7) is 11.0. The Bertz CT molecular complexity index is 593. The van der Waals surface area contributed by atoms with E-state index in [1.807, 2.05) is 45.0 Å². The fraction of sp³-hybridized carbons (Fsp3) is 0.682. The highest BCUT2D eigenvalue weighted by Crippen LogP contribution is 2.19. The van der Waals surface area contributed by atoms with Crippen LogP contribution in [-0.2, 0) is 9.47 Å². The summed E-state index contributed by atoms with van der Waals surface area (Å²) in [5, 5.41) is 16.9. The summed E-state index contributed by atoms with van der Waals surface area (Å²) >= 11 is 0. The molecule has 1 heterocycles. The Balaban J connectivity index is 0.00000450. The molecule has 1 aliphatic heterocycles. The van der Waals surface area contributed by atoms with Gasteiger partial charge in [-0.15, -0.1) is 24.0 Å². The lowest BCUT2D eigenvalue weighted by atomic mass is 10.1. The average Bonchev–Trinajstić information content (AvgIpc) is 3.22. The zero-order chi connectivity index (χ0) is 20.9. The van der Waals surface area contributed by atoms with Gasteiger partial charge in [0.15, 0.2) is 5.96 Å². The van der Waals surface area contributed by atoms with E-state index < -0.39 is 6.10 Å². The van der Waals surface area contributed by atoms with Gasteiger partial charge in [0.2, 0.25) is 0 Å². The molecule has 0 saturated carbocycles. The highest BCUT2D eigenvalue weighted by atomic mass is 127. The first-order valence-corrected chi connectivity index (χ1v) is 10.7. The van der Waals surface area contributed by atoms with Gasteiger partial charge >= 0.3 is 0 Å². The predicted molar refractivity (Wildman–Crippen MR) is 131 cm³/mol. The normalized spacial score (nSPS) is 17.5. The molecule has 1 saturated heterocycles. The van der Waals surface area contributed by atoms with Crippen molar-refractivity contribution in [3.05, 3.63) is 29.8 Å². The smallest absolute Gasteiger partial charge is 0.191 e. The molecule has 0 bridgehead atoms. The SMILES string of the molecule is CCNC(=NCC(O)c1ccc(OC(C)C)cc1)NCCCOCC1CCOC1.I. The Labute approximate surface area is 198 Å². The molecule has 1 fully saturated rings. The monoisotopic (exact) mass is 535 g/mol. The summed E-state index contributed by atoms with van der Waals surface area (Å²) in [5.74, 6) is 2.06. The first-order valence-electron chi connectivity index (χ1n) is 10.7. The maximum Gasteiger partial charge on any atom is 0.191 e. The molecular weight excluding hydrogens is 497 g/mol. The number of benzene rings is 1. The van der Waals surface area contributed by atoms with Crippen LogP contribution in [0.3, 0.4) is 0 Å². The van der Waals surface area contributed by atoms with Crippen LogP contribution in [0.15, 0.2) is 29.3 Å². The summed E-state index contributed by atoms with van der Waals surface area (Å²) in [7, 11) is 0. The maximum absolute atomic E-state index is 10.4. The third-order valence-electron chi connectivity index (χ3n) is 4.54. The average molecular weight is 535 g/mol. The molecule has 30 heavy (non-hydrogen) atoms. The van der Waals surface area contributed by atoms with E-state index in [1.165, 1.54) is 0 Å². The number of aliphatic hydroxyl groups is 1. The van der Waals surface area contributed by atoms with Crippen LogP contribution in [0.4, 0.5) is 0 Å². The molecule has 2 rings (SSSR count). The van der Waals surface area contributed by atoms with E-state index in [1.54, 1.807) is 0 Å². The quantitative estimate of drug-likeness (QED) is 0.165. The Morgan fingerprint density at radius 3 is 2.67 bits per heavy atom. The Morgan fingerprint density at radius 2 is 2.03 bits per heavy atom. The molecule has 172 valence electrons. The number of aliphatic hydroxyl groups excluding tert-OH is 1. The van der Waals surface area contributed by atoms with Crippen LogP contribution in [0.2, 0.25) is 0 Å². The van der Waals surface area contributed by atoms with Gasteiger partial charge in [-0.1, -0.05) is 12.1 Å². The second kappa shape index (κ2) is 15.7. The fourth-order valence-electron chi connectivity index (χ4n) is 3.01. The molecule has 0 amide bonds. The molecule has 2 atom stereocenters. The Morgan fingerprint density at radius 1 is 1.27 bits per heavy atom. The Kier molecular flexibility index (Phi) is 14.1. The zero-order valence-corrected chi connectivity index (χ0v) is 20.8. The molecule has 2 unspecified atom stereocenters. The van der Waals surface area contributed by atoms with Gasteiger partial charge in [-0.2, -0.15) is 0 Å². The molecule has 0 radical (unpaired) electrons. The molecule has 8 heteroatoms. The van der Waals surface area contributed by atoms with Gasteiger partial charge in [0, 0.05) is 32.2 Å². The molecule has 1 aliphatic rings. The second-order valence-corrected chi connectivity index (χ2v) is 7.56. The number of rotatable bonds is 12. The van der Waals surface area contributed by atoms with Crippen molar-refractivity contribution in [3.8, 4) is 5.75 Å². The zero-order valence-electron chi connectivity index (χ0n) is 18.4. The number of hydrogen-bond donors (Lipinski definition) is 3. The van der Waals surface area contributed by atoms with Gasteiger partial charge in [0.1, 0.15) is 5.75 Å². The number of ether oxygens (including phenoxy) is 3. The van der Waals surface area contributed by atoms with E-state index in [0.29, 0.717) is 11.9 Å². The summed E-state index contributed by atoms with van der Waals surface area (Å²) in [4.78, 5) is 4.50. The van der Waals surface area contributed by atoms with Gasteiger partial charge in [0.25, 0.3) is 0 Å². The van der Waals surface area contributed by atoms with Crippen molar-refractivity contribution in [2.45, 2.75) is 45.8 Å². The number of halogens is 1. The van der Waals surface area contributed by atoms with Crippen LogP contribution in [0, 0.1) is 5.92 Å². The van der Waals surface area contributed by atoms with Crippen molar-refractivity contribution < 1.29 is 19.3 Å². The lowest BCUT2D eigenvalue weighted by Crippen LogP contribution is -2.38. The van der Waals surface area contributed by atoms with Crippen LogP contribution < -0.4 is 15.4 Å². The highest BCUT2D eigenvalue weighted by Gasteiger charge is 2.15. The lowest BCUT2D eigenvalue weighted by molar-refractivity contribution is 0.0888. The molecule has 0 spiro atoms. The topological polar surface area (TPSA) is 84.3 Å². The summed E-state index contributed by atoms with van der Waals surface area (Å²) < 4.78 is 16.7. The molecule has 1 aromatic rings.